The average Bonchev–Trinajstić information content (AvgIpc) is 2.48. The van der Waals surface area contributed by atoms with Crippen molar-refractivity contribution in [3.8, 4) is 22.9 Å². The molecule has 0 aliphatic rings. The lowest BCUT2D eigenvalue weighted by atomic mass is 10.1. The summed E-state index contributed by atoms with van der Waals surface area (Å²) in [6.07, 6.45) is 0. The minimum absolute atomic E-state index is 0.122. The predicted molar refractivity (Wildman–Crippen MR) is 85.2 cm³/mol. The van der Waals surface area contributed by atoms with E-state index in [-0.39, 0.29) is 11.5 Å². The minimum atomic E-state index is -0.214. The first-order chi connectivity index (χ1) is 9.97. The van der Waals surface area contributed by atoms with Crippen molar-refractivity contribution in [1.82, 2.24) is 9.97 Å². The molecule has 0 aliphatic carbocycles. The summed E-state index contributed by atoms with van der Waals surface area (Å²) in [5, 5.41) is 0. The van der Waals surface area contributed by atoms with E-state index in [4.69, 9.17) is 9.47 Å². The van der Waals surface area contributed by atoms with Gasteiger partial charge in [-0.25, -0.2) is 4.98 Å². The molecule has 2 rings (SSSR count). The fraction of sp³-hybridized carbons (Fsp3) is 0.333. The Morgan fingerprint density at radius 3 is 2.52 bits per heavy atom. The second-order valence-corrected chi connectivity index (χ2v) is 5.63. The van der Waals surface area contributed by atoms with Crippen molar-refractivity contribution < 1.29 is 9.47 Å². The molecule has 21 heavy (non-hydrogen) atoms. The van der Waals surface area contributed by atoms with Crippen LogP contribution in [0.15, 0.2) is 27.5 Å². The number of benzene rings is 1. The number of halogens is 1. The number of aromatic amines is 1. The van der Waals surface area contributed by atoms with Gasteiger partial charge in [0.25, 0.3) is 5.56 Å². The Bertz CT molecular complexity index is 711. The molecular formula is C15H17BrN2O3. The van der Waals surface area contributed by atoms with E-state index in [1.807, 2.05) is 13.8 Å². The number of ether oxygens (including phenoxy) is 2. The molecule has 0 saturated carbocycles. The summed E-state index contributed by atoms with van der Waals surface area (Å²) >= 11 is 3.29. The highest BCUT2D eigenvalue weighted by molar-refractivity contribution is 9.10. The van der Waals surface area contributed by atoms with Gasteiger partial charge in [0.05, 0.1) is 25.5 Å². The standard InChI is InChI=1S/C15H17BrN2O3/c1-8(2)13-12(16)15(19)18-14(17-13)10-7-9(20-3)5-6-11(10)21-4/h5-8H,1-4H3,(H,17,18,19). The number of nitrogens with one attached hydrogen (secondary N) is 1. The zero-order chi connectivity index (χ0) is 15.6. The van der Waals surface area contributed by atoms with Gasteiger partial charge >= 0.3 is 0 Å². The lowest BCUT2D eigenvalue weighted by Gasteiger charge is -2.13. The maximum absolute atomic E-state index is 12.1. The van der Waals surface area contributed by atoms with Crippen molar-refractivity contribution in [1.29, 1.82) is 0 Å². The summed E-state index contributed by atoms with van der Waals surface area (Å²) in [5.74, 6) is 1.87. The average molecular weight is 353 g/mol. The Morgan fingerprint density at radius 1 is 1.24 bits per heavy atom. The van der Waals surface area contributed by atoms with Gasteiger partial charge in [0, 0.05) is 0 Å². The fourth-order valence-electron chi connectivity index (χ4n) is 1.99. The molecule has 1 aromatic carbocycles. The zero-order valence-electron chi connectivity index (χ0n) is 12.4. The Morgan fingerprint density at radius 2 is 1.95 bits per heavy atom. The maximum Gasteiger partial charge on any atom is 0.265 e. The van der Waals surface area contributed by atoms with Crippen LogP contribution in [0.25, 0.3) is 11.4 Å². The Balaban J connectivity index is 2.69. The van der Waals surface area contributed by atoms with Crippen molar-refractivity contribution in [2.75, 3.05) is 14.2 Å². The van der Waals surface area contributed by atoms with E-state index < -0.39 is 0 Å². The molecule has 112 valence electrons. The lowest BCUT2D eigenvalue weighted by molar-refractivity contribution is 0.404. The van der Waals surface area contributed by atoms with Crippen LogP contribution >= 0.6 is 15.9 Å². The smallest absolute Gasteiger partial charge is 0.265 e. The van der Waals surface area contributed by atoms with Crippen LogP contribution in [0.5, 0.6) is 11.5 Å². The first-order valence-corrected chi connectivity index (χ1v) is 7.29. The van der Waals surface area contributed by atoms with E-state index in [0.29, 0.717) is 33.1 Å². The molecule has 6 heteroatoms. The number of hydrogen-bond acceptors (Lipinski definition) is 4. The molecule has 0 atom stereocenters. The Labute approximate surface area is 131 Å². The summed E-state index contributed by atoms with van der Waals surface area (Å²) < 4.78 is 11.0. The van der Waals surface area contributed by atoms with Gasteiger partial charge in [-0.2, -0.15) is 0 Å². The topological polar surface area (TPSA) is 64.2 Å². The lowest BCUT2D eigenvalue weighted by Crippen LogP contribution is -2.14. The van der Waals surface area contributed by atoms with Gasteiger partial charge in [0.2, 0.25) is 0 Å². The summed E-state index contributed by atoms with van der Waals surface area (Å²) in [4.78, 5) is 19.4. The van der Waals surface area contributed by atoms with Crippen molar-refractivity contribution >= 4 is 15.9 Å². The third-order valence-electron chi connectivity index (χ3n) is 3.10. The van der Waals surface area contributed by atoms with E-state index in [9.17, 15) is 4.79 Å². The quantitative estimate of drug-likeness (QED) is 0.916. The van der Waals surface area contributed by atoms with Gasteiger partial charge in [-0.3, -0.25) is 4.79 Å². The molecule has 2 aromatic rings. The highest BCUT2D eigenvalue weighted by Crippen LogP contribution is 2.32. The first kappa shape index (κ1) is 15.6. The van der Waals surface area contributed by atoms with Crippen molar-refractivity contribution in [2.45, 2.75) is 19.8 Å². The SMILES string of the molecule is COc1ccc(OC)c(-c2nc(C(C)C)c(Br)c(=O)[nH]2)c1. The van der Waals surface area contributed by atoms with Gasteiger partial charge in [-0.15, -0.1) is 0 Å². The molecule has 1 N–H and O–H groups in total. The molecule has 1 heterocycles. The molecule has 0 radical (unpaired) electrons. The van der Waals surface area contributed by atoms with Gasteiger partial charge < -0.3 is 14.5 Å². The van der Waals surface area contributed by atoms with Crippen LogP contribution in [0.2, 0.25) is 0 Å². The third kappa shape index (κ3) is 3.10. The molecule has 0 fully saturated rings. The molecule has 0 amide bonds. The van der Waals surface area contributed by atoms with Crippen molar-refractivity contribution in [3.63, 3.8) is 0 Å². The van der Waals surface area contributed by atoms with E-state index in [1.54, 1.807) is 32.4 Å². The predicted octanol–water partition coefficient (Wildman–Crippen LogP) is 3.34. The Hall–Kier alpha value is -1.82. The first-order valence-electron chi connectivity index (χ1n) is 6.50. The molecule has 5 nitrogen and oxygen atoms in total. The van der Waals surface area contributed by atoms with Crippen LogP contribution < -0.4 is 15.0 Å². The van der Waals surface area contributed by atoms with Gasteiger partial charge in [-0.05, 0) is 40.0 Å². The van der Waals surface area contributed by atoms with E-state index in [2.05, 4.69) is 25.9 Å². The number of rotatable bonds is 4. The van der Waals surface area contributed by atoms with Crippen LogP contribution in [0.3, 0.4) is 0 Å². The van der Waals surface area contributed by atoms with Gasteiger partial charge in [0.15, 0.2) is 0 Å². The van der Waals surface area contributed by atoms with Gasteiger partial charge in [0.1, 0.15) is 21.8 Å². The monoisotopic (exact) mass is 352 g/mol. The summed E-state index contributed by atoms with van der Waals surface area (Å²) in [6.45, 7) is 3.97. The van der Waals surface area contributed by atoms with Crippen molar-refractivity contribution in [2.24, 2.45) is 0 Å². The number of nitrogens with zero attached hydrogens (tertiary/aromatic N) is 1. The molecule has 0 bridgehead atoms. The van der Waals surface area contributed by atoms with E-state index in [1.165, 1.54) is 0 Å². The zero-order valence-corrected chi connectivity index (χ0v) is 13.9. The molecule has 0 aliphatic heterocycles. The highest BCUT2D eigenvalue weighted by Gasteiger charge is 2.16. The summed E-state index contributed by atoms with van der Waals surface area (Å²) in [6, 6.07) is 5.36. The normalized spacial score (nSPS) is 10.8. The number of aromatic nitrogens is 2. The molecule has 1 aromatic heterocycles. The van der Waals surface area contributed by atoms with Crippen LogP contribution in [-0.4, -0.2) is 24.2 Å². The molecule has 0 unspecified atom stereocenters. The van der Waals surface area contributed by atoms with E-state index in [0.717, 1.165) is 0 Å². The molecule has 0 spiro atoms. The number of H-pyrrole nitrogens is 1. The molecular weight excluding hydrogens is 336 g/mol. The van der Waals surface area contributed by atoms with Crippen LogP contribution in [-0.2, 0) is 0 Å². The third-order valence-corrected chi connectivity index (χ3v) is 3.86. The van der Waals surface area contributed by atoms with Crippen LogP contribution in [0, 0.1) is 0 Å². The van der Waals surface area contributed by atoms with Crippen LogP contribution in [0.1, 0.15) is 25.5 Å². The van der Waals surface area contributed by atoms with E-state index >= 15 is 0 Å². The summed E-state index contributed by atoms with van der Waals surface area (Å²) in [7, 11) is 3.16. The van der Waals surface area contributed by atoms with Crippen LogP contribution in [0.4, 0.5) is 0 Å². The minimum Gasteiger partial charge on any atom is -0.497 e. The fourth-order valence-corrected chi connectivity index (χ4v) is 2.63. The Kier molecular flexibility index (Phi) is 4.67. The summed E-state index contributed by atoms with van der Waals surface area (Å²) in [5.41, 5.74) is 1.18. The van der Waals surface area contributed by atoms with Gasteiger partial charge in [-0.1, -0.05) is 13.8 Å². The highest BCUT2D eigenvalue weighted by atomic mass is 79.9. The second-order valence-electron chi connectivity index (χ2n) is 4.83. The largest absolute Gasteiger partial charge is 0.497 e. The van der Waals surface area contributed by atoms with Crippen molar-refractivity contribution in [3.05, 3.63) is 38.7 Å². The molecule has 0 saturated heterocycles. The maximum atomic E-state index is 12.1. The number of methoxy groups -OCH3 is 2. The second kappa shape index (κ2) is 6.30. The number of hydrogen-bond donors (Lipinski definition) is 1.